The lowest BCUT2D eigenvalue weighted by atomic mass is 10.1. The van der Waals surface area contributed by atoms with E-state index in [0.29, 0.717) is 16.9 Å². The number of nitrogen functional groups attached to an aromatic ring is 1. The van der Waals surface area contributed by atoms with Gasteiger partial charge in [-0.05, 0) is 42.5 Å². The number of nitrogens with zero attached hydrogens (tertiary/aromatic N) is 1. The number of aliphatic hydroxyl groups is 1. The van der Waals surface area contributed by atoms with Crippen molar-refractivity contribution in [1.29, 1.82) is 5.41 Å². The van der Waals surface area contributed by atoms with Gasteiger partial charge in [0.15, 0.2) is 12.2 Å². The monoisotopic (exact) mass is 461 g/mol. The van der Waals surface area contributed by atoms with Gasteiger partial charge in [-0.15, -0.1) is 0 Å². The maximum absolute atomic E-state index is 12.9. The average Bonchev–Trinajstić information content (AvgIpc) is 2.72. The van der Waals surface area contributed by atoms with Crippen molar-refractivity contribution in [2.75, 3.05) is 34.3 Å². The number of ether oxygens (including phenoxy) is 1. The number of amidine groups is 1. The molecule has 0 spiro atoms. The molecule has 1 saturated heterocycles. The second kappa shape index (κ2) is 9.34. The van der Waals surface area contributed by atoms with Crippen LogP contribution in [0.4, 0.5) is 17.1 Å². The standard InChI is InChI=1S/C20H23N5O6S/c1-32(29,30)24-14-3-2-4-15(11-14)25-9-10-31-17(20(25)28)16(26)19(27)23-13-7-5-12(6-8-13)18(21)22/h2-8,11,16-17,24,26H,9-10H2,1H3,(H3,21,22)(H,23,27)/t16?,17-/m1/s1. The number of carbonyl (C=O) groups excluding carboxylic acids is 2. The Kier molecular flexibility index (Phi) is 6.77. The number of hydrogen-bond acceptors (Lipinski definition) is 7. The summed E-state index contributed by atoms with van der Waals surface area (Å²) in [6, 6.07) is 12.3. The molecule has 0 radical (unpaired) electrons. The zero-order valence-corrected chi connectivity index (χ0v) is 17.9. The van der Waals surface area contributed by atoms with E-state index in [0.717, 1.165) is 6.26 Å². The first-order valence-corrected chi connectivity index (χ1v) is 11.4. The summed E-state index contributed by atoms with van der Waals surface area (Å²) in [6.07, 6.45) is -2.21. The summed E-state index contributed by atoms with van der Waals surface area (Å²) in [6.45, 7) is 0.232. The Balaban J connectivity index is 1.72. The van der Waals surface area contributed by atoms with E-state index in [1.165, 1.54) is 41.3 Å². The molecule has 1 unspecified atom stereocenters. The van der Waals surface area contributed by atoms with Gasteiger partial charge in [0.05, 0.1) is 18.6 Å². The number of hydrogen-bond donors (Lipinski definition) is 5. The minimum absolute atomic E-state index is 0.0672. The highest BCUT2D eigenvalue weighted by atomic mass is 32.2. The molecule has 2 aromatic carbocycles. The molecule has 0 aliphatic carbocycles. The number of aliphatic hydroxyl groups excluding tert-OH is 1. The van der Waals surface area contributed by atoms with Crippen molar-refractivity contribution in [3.05, 3.63) is 54.1 Å². The molecule has 12 heteroatoms. The second-order valence-electron chi connectivity index (χ2n) is 7.13. The quantitative estimate of drug-likeness (QED) is 0.286. The van der Waals surface area contributed by atoms with Gasteiger partial charge >= 0.3 is 0 Å². The lowest BCUT2D eigenvalue weighted by Crippen LogP contribution is -2.55. The van der Waals surface area contributed by atoms with Crippen LogP contribution in [0.25, 0.3) is 0 Å². The number of sulfonamides is 1. The zero-order chi connectivity index (χ0) is 23.5. The number of anilines is 3. The van der Waals surface area contributed by atoms with Crippen molar-refractivity contribution in [2.24, 2.45) is 5.73 Å². The van der Waals surface area contributed by atoms with Crippen LogP contribution < -0.4 is 20.7 Å². The first kappa shape index (κ1) is 23.2. The SMILES string of the molecule is CS(=O)(=O)Nc1cccc(N2CCO[C@H](C(O)C(=O)Nc3ccc(C(=N)N)cc3)C2=O)c1. The van der Waals surface area contributed by atoms with Gasteiger partial charge < -0.3 is 25.8 Å². The summed E-state index contributed by atoms with van der Waals surface area (Å²) in [7, 11) is -3.50. The van der Waals surface area contributed by atoms with E-state index in [-0.39, 0.29) is 24.7 Å². The van der Waals surface area contributed by atoms with Crippen LogP contribution in [-0.4, -0.2) is 62.8 Å². The topological polar surface area (TPSA) is 175 Å². The van der Waals surface area contributed by atoms with Gasteiger partial charge in [0.1, 0.15) is 5.84 Å². The fourth-order valence-corrected chi connectivity index (χ4v) is 3.68. The van der Waals surface area contributed by atoms with Gasteiger partial charge in [-0.2, -0.15) is 0 Å². The molecule has 3 rings (SSSR count). The highest BCUT2D eigenvalue weighted by Crippen LogP contribution is 2.24. The van der Waals surface area contributed by atoms with Crippen molar-refractivity contribution >= 4 is 44.7 Å². The number of benzene rings is 2. The number of amides is 2. The molecular formula is C20H23N5O6S. The first-order valence-electron chi connectivity index (χ1n) is 9.49. The molecule has 1 heterocycles. The summed E-state index contributed by atoms with van der Waals surface area (Å²) < 4.78 is 30.6. The molecule has 2 atom stereocenters. The minimum atomic E-state index is -3.50. The summed E-state index contributed by atoms with van der Waals surface area (Å²) in [5.74, 6) is -1.60. The highest BCUT2D eigenvalue weighted by Gasteiger charge is 2.39. The van der Waals surface area contributed by atoms with E-state index in [1.807, 2.05) is 0 Å². The van der Waals surface area contributed by atoms with E-state index in [4.69, 9.17) is 15.9 Å². The predicted molar refractivity (Wildman–Crippen MR) is 119 cm³/mol. The van der Waals surface area contributed by atoms with Crippen LogP contribution in [0.2, 0.25) is 0 Å². The van der Waals surface area contributed by atoms with Crippen LogP contribution >= 0.6 is 0 Å². The number of nitrogens with one attached hydrogen (secondary N) is 3. The Labute approximate surface area is 184 Å². The van der Waals surface area contributed by atoms with E-state index in [1.54, 1.807) is 12.1 Å². The fourth-order valence-electron chi connectivity index (χ4n) is 3.13. The number of carbonyl (C=O) groups is 2. The van der Waals surface area contributed by atoms with Gasteiger partial charge in [0, 0.05) is 23.5 Å². The van der Waals surface area contributed by atoms with Crippen molar-refractivity contribution in [1.82, 2.24) is 0 Å². The normalized spacial score (nSPS) is 17.5. The Morgan fingerprint density at radius 2 is 1.94 bits per heavy atom. The third-order valence-corrected chi connectivity index (χ3v) is 5.21. The second-order valence-corrected chi connectivity index (χ2v) is 8.88. The zero-order valence-electron chi connectivity index (χ0n) is 17.1. The van der Waals surface area contributed by atoms with Crippen LogP contribution in [0.3, 0.4) is 0 Å². The molecule has 0 saturated carbocycles. The maximum atomic E-state index is 12.9. The Bertz CT molecular complexity index is 1140. The fraction of sp³-hybridized carbons (Fsp3) is 0.250. The molecule has 11 nitrogen and oxygen atoms in total. The van der Waals surface area contributed by atoms with Crippen molar-refractivity contribution in [2.45, 2.75) is 12.2 Å². The molecule has 1 aliphatic heterocycles. The first-order chi connectivity index (χ1) is 15.0. The Hall–Kier alpha value is -3.48. The summed E-state index contributed by atoms with van der Waals surface area (Å²) in [4.78, 5) is 26.7. The Morgan fingerprint density at radius 3 is 2.56 bits per heavy atom. The van der Waals surface area contributed by atoms with Gasteiger partial charge in [-0.25, -0.2) is 8.42 Å². The lowest BCUT2D eigenvalue weighted by Gasteiger charge is -2.34. The molecule has 32 heavy (non-hydrogen) atoms. The van der Waals surface area contributed by atoms with Crippen molar-refractivity contribution in [3.8, 4) is 0 Å². The maximum Gasteiger partial charge on any atom is 0.259 e. The largest absolute Gasteiger partial charge is 0.384 e. The highest BCUT2D eigenvalue weighted by molar-refractivity contribution is 7.92. The van der Waals surface area contributed by atoms with Crippen LogP contribution in [0, 0.1) is 5.41 Å². The molecule has 2 amide bonds. The molecule has 1 aliphatic rings. The van der Waals surface area contributed by atoms with Crippen LogP contribution in [0.5, 0.6) is 0 Å². The lowest BCUT2D eigenvalue weighted by molar-refractivity contribution is -0.150. The molecule has 170 valence electrons. The van der Waals surface area contributed by atoms with E-state index >= 15 is 0 Å². The van der Waals surface area contributed by atoms with E-state index in [9.17, 15) is 23.1 Å². The molecule has 1 fully saturated rings. The van der Waals surface area contributed by atoms with Crippen LogP contribution in [0.1, 0.15) is 5.56 Å². The molecule has 0 bridgehead atoms. The van der Waals surface area contributed by atoms with Gasteiger partial charge in [0.2, 0.25) is 10.0 Å². The van der Waals surface area contributed by atoms with Crippen LogP contribution in [0.15, 0.2) is 48.5 Å². The number of nitrogens with two attached hydrogens (primary N) is 1. The molecular weight excluding hydrogens is 438 g/mol. The van der Waals surface area contributed by atoms with Crippen molar-refractivity contribution < 1.29 is 27.9 Å². The minimum Gasteiger partial charge on any atom is -0.384 e. The molecule has 2 aromatic rings. The Morgan fingerprint density at radius 1 is 1.25 bits per heavy atom. The van der Waals surface area contributed by atoms with E-state index < -0.39 is 34.0 Å². The summed E-state index contributed by atoms with van der Waals surface area (Å²) >= 11 is 0. The van der Waals surface area contributed by atoms with Gasteiger partial charge in [-0.3, -0.25) is 19.7 Å². The number of morpholine rings is 1. The average molecular weight is 462 g/mol. The third-order valence-electron chi connectivity index (χ3n) is 4.60. The van der Waals surface area contributed by atoms with Crippen molar-refractivity contribution in [3.63, 3.8) is 0 Å². The summed E-state index contributed by atoms with van der Waals surface area (Å²) in [5.41, 5.74) is 6.87. The molecule has 6 N–H and O–H groups in total. The van der Waals surface area contributed by atoms with Crippen LogP contribution in [-0.2, 0) is 24.3 Å². The van der Waals surface area contributed by atoms with E-state index in [2.05, 4.69) is 10.0 Å². The van der Waals surface area contributed by atoms with Gasteiger partial charge in [0.25, 0.3) is 11.8 Å². The predicted octanol–water partition coefficient (Wildman–Crippen LogP) is 0.0736. The number of rotatable bonds is 7. The molecule has 0 aromatic heterocycles. The third kappa shape index (κ3) is 5.60. The van der Waals surface area contributed by atoms with Gasteiger partial charge in [-0.1, -0.05) is 6.07 Å². The summed E-state index contributed by atoms with van der Waals surface area (Å²) in [5, 5.41) is 20.3. The smallest absolute Gasteiger partial charge is 0.259 e.